The lowest BCUT2D eigenvalue weighted by molar-refractivity contribution is -0.118. The molecule has 0 aliphatic heterocycles. The number of carbonyl (C=O) groups excluding carboxylic acids is 1. The maximum atomic E-state index is 12.5. The Bertz CT molecular complexity index is 757. The first-order valence-electron chi connectivity index (χ1n) is 9.94. The highest BCUT2D eigenvalue weighted by atomic mass is 16.5. The van der Waals surface area contributed by atoms with E-state index in [1.807, 2.05) is 6.07 Å². The van der Waals surface area contributed by atoms with Crippen LogP contribution in [0.1, 0.15) is 47.0 Å². The molecule has 0 aromatic carbocycles. The molecule has 28 heavy (non-hydrogen) atoms. The summed E-state index contributed by atoms with van der Waals surface area (Å²) in [5.74, 6) is 1.15. The van der Waals surface area contributed by atoms with Gasteiger partial charge in [0.1, 0.15) is 5.75 Å². The van der Waals surface area contributed by atoms with Crippen molar-refractivity contribution in [1.82, 2.24) is 20.1 Å². The molecule has 2 rings (SSSR count). The molecule has 7 heteroatoms. The maximum Gasteiger partial charge on any atom is 0.226 e. The lowest BCUT2D eigenvalue weighted by Crippen LogP contribution is -2.37. The van der Waals surface area contributed by atoms with Gasteiger partial charge in [-0.05, 0) is 31.0 Å². The summed E-state index contributed by atoms with van der Waals surface area (Å²) in [6, 6.07) is 3.67. The number of pyridine rings is 1. The molecule has 0 spiro atoms. The van der Waals surface area contributed by atoms with Gasteiger partial charge in [-0.15, -0.1) is 0 Å². The molecule has 154 valence electrons. The molecule has 0 unspecified atom stereocenters. The van der Waals surface area contributed by atoms with Crippen molar-refractivity contribution < 1.29 is 9.53 Å². The lowest BCUT2D eigenvalue weighted by atomic mass is 9.88. The summed E-state index contributed by atoms with van der Waals surface area (Å²) in [4.78, 5) is 19.1. The summed E-state index contributed by atoms with van der Waals surface area (Å²) in [5, 5.41) is 10.0. The molecule has 2 heterocycles. The van der Waals surface area contributed by atoms with Crippen molar-refractivity contribution in [2.45, 2.75) is 47.0 Å². The highest BCUT2D eigenvalue weighted by Crippen LogP contribution is 2.25. The number of nitrogens with zero attached hydrogens (tertiary/aromatic N) is 3. The van der Waals surface area contributed by atoms with Crippen LogP contribution in [-0.2, 0) is 4.79 Å². The second kappa shape index (κ2) is 10.2. The third-order valence-electron chi connectivity index (χ3n) is 4.67. The van der Waals surface area contributed by atoms with Crippen LogP contribution in [0, 0.1) is 5.41 Å². The van der Waals surface area contributed by atoms with Gasteiger partial charge in [-0.1, -0.05) is 34.1 Å². The van der Waals surface area contributed by atoms with E-state index < -0.39 is 0 Å². The first-order valence-corrected chi connectivity index (χ1v) is 9.94. The number of methoxy groups -OCH3 is 1. The number of aromatic amines is 1. The molecule has 0 radical (unpaired) electrons. The molecule has 0 saturated heterocycles. The second-order valence-electron chi connectivity index (χ2n) is 7.89. The smallest absolute Gasteiger partial charge is 0.226 e. The van der Waals surface area contributed by atoms with Crippen LogP contribution in [0.3, 0.4) is 0 Å². The van der Waals surface area contributed by atoms with Gasteiger partial charge < -0.3 is 15.0 Å². The van der Waals surface area contributed by atoms with Crippen LogP contribution >= 0.6 is 0 Å². The molecule has 2 aromatic rings. The Morgan fingerprint density at radius 3 is 2.75 bits per heavy atom. The maximum absolute atomic E-state index is 12.5. The quantitative estimate of drug-likeness (QED) is 0.610. The van der Waals surface area contributed by atoms with Crippen LogP contribution in [0.5, 0.6) is 5.75 Å². The van der Waals surface area contributed by atoms with Crippen molar-refractivity contribution in [3.63, 3.8) is 0 Å². The van der Waals surface area contributed by atoms with E-state index in [9.17, 15) is 4.79 Å². The van der Waals surface area contributed by atoms with Crippen LogP contribution in [0.2, 0.25) is 0 Å². The Balaban J connectivity index is 1.94. The van der Waals surface area contributed by atoms with Gasteiger partial charge in [0, 0.05) is 30.8 Å². The minimum absolute atomic E-state index is 0.0293. The van der Waals surface area contributed by atoms with Gasteiger partial charge in [-0.3, -0.25) is 14.9 Å². The average molecular weight is 388 g/mol. The number of nitrogens with one attached hydrogen (secondary N) is 2. The van der Waals surface area contributed by atoms with Crippen molar-refractivity contribution >= 4 is 11.7 Å². The lowest BCUT2D eigenvalue weighted by Gasteiger charge is -2.31. The summed E-state index contributed by atoms with van der Waals surface area (Å²) < 4.78 is 5.20. The fourth-order valence-corrected chi connectivity index (χ4v) is 3.22. The number of H-pyrrole nitrogens is 1. The van der Waals surface area contributed by atoms with Crippen LogP contribution in [0.25, 0.3) is 11.3 Å². The second-order valence-corrected chi connectivity index (χ2v) is 7.89. The van der Waals surface area contributed by atoms with Gasteiger partial charge in [0.05, 0.1) is 19.0 Å². The number of ether oxygens (including phenoxy) is 1. The fourth-order valence-electron chi connectivity index (χ4n) is 3.22. The monoisotopic (exact) mass is 387 g/mol. The number of carbonyl (C=O) groups is 1. The van der Waals surface area contributed by atoms with E-state index in [1.165, 1.54) is 12.8 Å². The number of rotatable bonds is 11. The van der Waals surface area contributed by atoms with Gasteiger partial charge in [-0.2, -0.15) is 5.10 Å². The largest absolute Gasteiger partial charge is 0.495 e. The first kappa shape index (κ1) is 21.9. The third kappa shape index (κ3) is 6.64. The summed E-state index contributed by atoms with van der Waals surface area (Å²) in [7, 11) is 1.60. The van der Waals surface area contributed by atoms with Crippen molar-refractivity contribution in [3.8, 4) is 17.0 Å². The van der Waals surface area contributed by atoms with Gasteiger partial charge in [0.25, 0.3) is 0 Å². The standard InChI is InChI=1S/C21H33N5O2/c1-6-8-9-26(7-2)15-21(3,4)12-20(27)23-19-11-18(24-25-19)16-10-17(28-5)14-22-13-16/h10-11,13-14H,6-9,12,15H2,1-5H3,(H2,23,24,25,27). The Kier molecular flexibility index (Phi) is 7.99. The van der Waals surface area contributed by atoms with E-state index in [-0.39, 0.29) is 11.3 Å². The number of aromatic nitrogens is 3. The number of hydrogen-bond donors (Lipinski definition) is 2. The highest BCUT2D eigenvalue weighted by molar-refractivity contribution is 5.90. The number of unbranched alkanes of at least 4 members (excludes halogenated alkanes) is 1. The molecule has 0 aliphatic carbocycles. The predicted octanol–water partition coefficient (Wildman–Crippen LogP) is 3.96. The normalized spacial score (nSPS) is 11.6. The summed E-state index contributed by atoms with van der Waals surface area (Å²) in [6.07, 6.45) is 6.18. The van der Waals surface area contributed by atoms with Crippen molar-refractivity contribution in [2.75, 3.05) is 32.1 Å². The first-order chi connectivity index (χ1) is 13.4. The number of amides is 1. The molecule has 0 atom stereocenters. The van der Waals surface area contributed by atoms with E-state index in [0.717, 1.165) is 30.9 Å². The molecule has 0 saturated carbocycles. The van der Waals surface area contributed by atoms with Gasteiger partial charge in [-0.25, -0.2) is 0 Å². The molecule has 0 bridgehead atoms. The zero-order chi connectivity index (χ0) is 20.6. The summed E-state index contributed by atoms with van der Waals surface area (Å²) in [5.41, 5.74) is 1.52. The third-order valence-corrected chi connectivity index (χ3v) is 4.67. The summed E-state index contributed by atoms with van der Waals surface area (Å²) >= 11 is 0. The zero-order valence-corrected chi connectivity index (χ0v) is 17.7. The number of hydrogen-bond acceptors (Lipinski definition) is 5. The zero-order valence-electron chi connectivity index (χ0n) is 17.7. The van der Waals surface area contributed by atoms with Crippen LogP contribution in [-0.4, -0.2) is 52.7 Å². The van der Waals surface area contributed by atoms with Gasteiger partial charge in [0.15, 0.2) is 5.82 Å². The van der Waals surface area contributed by atoms with Gasteiger partial charge in [0.2, 0.25) is 5.91 Å². The number of anilines is 1. The predicted molar refractivity (Wildman–Crippen MR) is 112 cm³/mol. The van der Waals surface area contributed by atoms with E-state index in [1.54, 1.807) is 25.6 Å². The van der Waals surface area contributed by atoms with Gasteiger partial charge >= 0.3 is 0 Å². The van der Waals surface area contributed by atoms with Crippen molar-refractivity contribution in [3.05, 3.63) is 24.5 Å². The van der Waals surface area contributed by atoms with E-state index in [2.05, 4.69) is 53.1 Å². The molecular formula is C21H33N5O2. The molecule has 2 aromatic heterocycles. The molecule has 0 aliphatic rings. The van der Waals surface area contributed by atoms with E-state index in [0.29, 0.717) is 18.0 Å². The average Bonchev–Trinajstić information content (AvgIpc) is 3.12. The van der Waals surface area contributed by atoms with E-state index in [4.69, 9.17) is 4.74 Å². The molecule has 1 amide bonds. The Hall–Kier alpha value is -2.41. The van der Waals surface area contributed by atoms with Crippen molar-refractivity contribution in [1.29, 1.82) is 0 Å². The molecule has 2 N–H and O–H groups in total. The molecular weight excluding hydrogens is 354 g/mol. The topological polar surface area (TPSA) is 83.1 Å². The Labute approximate surface area is 167 Å². The minimum atomic E-state index is -0.107. The fraction of sp³-hybridized carbons (Fsp3) is 0.571. The Morgan fingerprint density at radius 2 is 2.07 bits per heavy atom. The Morgan fingerprint density at radius 1 is 1.29 bits per heavy atom. The molecule has 7 nitrogen and oxygen atoms in total. The van der Waals surface area contributed by atoms with Crippen LogP contribution in [0.15, 0.2) is 24.5 Å². The van der Waals surface area contributed by atoms with Crippen LogP contribution < -0.4 is 10.1 Å². The summed E-state index contributed by atoms with van der Waals surface area (Å²) in [6.45, 7) is 11.6. The minimum Gasteiger partial charge on any atom is -0.495 e. The van der Waals surface area contributed by atoms with Crippen LogP contribution in [0.4, 0.5) is 5.82 Å². The van der Waals surface area contributed by atoms with E-state index >= 15 is 0 Å². The SMILES string of the molecule is CCCCN(CC)CC(C)(C)CC(=O)Nc1cc(-c2cncc(OC)c2)[nH]n1. The highest BCUT2D eigenvalue weighted by Gasteiger charge is 2.25. The van der Waals surface area contributed by atoms with Crippen molar-refractivity contribution in [2.24, 2.45) is 5.41 Å². The molecule has 0 fully saturated rings.